The lowest BCUT2D eigenvalue weighted by Crippen LogP contribution is -2.23. The third kappa shape index (κ3) is 3.15. The van der Waals surface area contributed by atoms with Gasteiger partial charge in [0.1, 0.15) is 5.69 Å². The van der Waals surface area contributed by atoms with Gasteiger partial charge in [0.2, 0.25) is 11.7 Å². The Hall–Kier alpha value is -1.50. The van der Waals surface area contributed by atoms with Crippen molar-refractivity contribution in [1.29, 1.82) is 0 Å². The van der Waals surface area contributed by atoms with Gasteiger partial charge in [0.25, 0.3) is 0 Å². The number of aromatic nitrogens is 1. The van der Waals surface area contributed by atoms with Crippen LogP contribution in [0.4, 0.5) is 8.78 Å². The number of nitrogens with zero attached hydrogens (tertiary/aromatic N) is 1. The van der Waals surface area contributed by atoms with E-state index in [9.17, 15) is 13.6 Å². The Kier molecular flexibility index (Phi) is 4.37. The number of carbonyl (C=O) groups is 1. The fourth-order valence-corrected chi connectivity index (χ4v) is 2.32. The zero-order valence-electron chi connectivity index (χ0n) is 11.4. The highest BCUT2D eigenvalue weighted by molar-refractivity contribution is 5.87. The van der Waals surface area contributed by atoms with Crippen LogP contribution in [0.5, 0.6) is 0 Å². The third-order valence-corrected chi connectivity index (χ3v) is 3.43. The molecule has 1 fully saturated rings. The van der Waals surface area contributed by atoms with Crippen LogP contribution in [0.1, 0.15) is 53.7 Å². The van der Waals surface area contributed by atoms with Crippen molar-refractivity contribution in [2.24, 2.45) is 0 Å². The Morgan fingerprint density at radius 3 is 2.60 bits per heavy atom. The average Bonchev–Trinajstić information content (AvgIpc) is 2.82. The first-order valence-corrected chi connectivity index (χ1v) is 6.41. The minimum atomic E-state index is -2.61. The highest BCUT2D eigenvalue weighted by Crippen LogP contribution is 2.40. The molecular formula is C13H17F2NO4. The number of hydrogen-bond donors (Lipinski definition) is 0. The minimum Gasteiger partial charge on any atom is -0.463 e. The van der Waals surface area contributed by atoms with Gasteiger partial charge in [-0.25, -0.2) is 18.6 Å². The predicted octanol–water partition coefficient (Wildman–Crippen LogP) is 2.90. The molecule has 5 nitrogen and oxygen atoms in total. The molecule has 7 heteroatoms. The van der Waals surface area contributed by atoms with Crippen LogP contribution in [-0.2, 0) is 16.1 Å². The van der Waals surface area contributed by atoms with Gasteiger partial charge in [0.05, 0.1) is 13.7 Å². The first kappa shape index (κ1) is 14.9. The number of methoxy groups -OCH3 is 2. The van der Waals surface area contributed by atoms with Crippen LogP contribution in [0.15, 0.2) is 4.42 Å². The maximum atomic E-state index is 13.1. The Labute approximate surface area is 115 Å². The number of alkyl halides is 2. The van der Waals surface area contributed by atoms with Crippen molar-refractivity contribution in [2.75, 3.05) is 14.2 Å². The zero-order chi connectivity index (χ0) is 14.8. The van der Waals surface area contributed by atoms with E-state index in [-0.39, 0.29) is 31.1 Å². The Bertz CT molecular complexity index is 477. The van der Waals surface area contributed by atoms with Crippen molar-refractivity contribution >= 4 is 5.97 Å². The highest BCUT2D eigenvalue weighted by atomic mass is 19.3. The zero-order valence-corrected chi connectivity index (χ0v) is 11.4. The van der Waals surface area contributed by atoms with Gasteiger partial charge in [-0.15, -0.1) is 0 Å². The van der Waals surface area contributed by atoms with E-state index in [1.165, 1.54) is 14.2 Å². The van der Waals surface area contributed by atoms with Gasteiger partial charge >= 0.3 is 5.97 Å². The second-order valence-electron chi connectivity index (χ2n) is 4.88. The van der Waals surface area contributed by atoms with E-state index in [0.29, 0.717) is 24.4 Å². The number of esters is 1. The Morgan fingerprint density at radius 1 is 1.40 bits per heavy atom. The fraction of sp³-hybridized carbons (Fsp3) is 0.692. The molecule has 1 saturated carbocycles. The molecule has 0 aromatic carbocycles. The van der Waals surface area contributed by atoms with Crippen LogP contribution in [-0.4, -0.2) is 31.1 Å². The molecule has 0 amide bonds. The van der Waals surface area contributed by atoms with Gasteiger partial charge in [-0.05, 0) is 12.8 Å². The molecule has 0 saturated heterocycles. The largest absolute Gasteiger partial charge is 0.463 e. The Morgan fingerprint density at radius 2 is 2.05 bits per heavy atom. The molecule has 0 aliphatic heterocycles. The lowest BCUT2D eigenvalue weighted by molar-refractivity contribution is -0.0399. The number of ether oxygens (including phenoxy) is 2. The number of carbonyl (C=O) groups excluding carboxylic acids is 1. The monoisotopic (exact) mass is 289 g/mol. The van der Waals surface area contributed by atoms with Crippen molar-refractivity contribution in [3.05, 3.63) is 17.3 Å². The standard InChI is InChI=1S/C13H17F2NO4/c1-18-7-9-10(12(17)19-2)20-11(16-9)8-3-5-13(14,15)6-4-8/h8H,3-7H2,1-2H3. The van der Waals surface area contributed by atoms with Crippen molar-refractivity contribution in [2.45, 2.75) is 44.1 Å². The third-order valence-electron chi connectivity index (χ3n) is 3.43. The number of hydrogen-bond acceptors (Lipinski definition) is 5. The topological polar surface area (TPSA) is 61.6 Å². The molecule has 0 N–H and O–H groups in total. The van der Waals surface area contributed by atoms with E-state index < -0.39 is 11.9 Å². The fourth-order valence-electron chi connectivity index (χ4n) is 2.32. The van der Waals surface area contributed by atoms with E-state index in [2.05, 4.69) is 9.72 Å². The van der Waals surface area contributed by atoms with Crippen LogP contribution in [0.3, 0.4) is 0 Å². The molecule has 20 heavy (non-hydrogen) atoms. The summed E-state index contributed by atoms with van der Waals surface area (Å²) < 4.78 is 41.2. The van der Waals surface area contributed by atoms with Gasteiger partial charge < -0.3 is 13.9 Å². The molecule has 1 aliphatic carbocycles. The molecule has 2 rings (SSSR count). The first-order chi connectivity index (χ1) is 9.46. The van der Waals surface area contributed by atoms with Crippen molar-refractivity contribution < 1.29 is 27.5 Å². The van der Waals surface area contributed by atoms with E-state index in [1.54, 1.807) is 0 Å². The highest BCUT2D eigenvalue weighted by Gasteiger charge is 2.37. The van der Waals surface area contributed by atoms with Crippen molar-refractivity contribution in [3.63, 3.8) is 0 Å². The number of oxazole rings is 1. The molecule has 0 spiro atoms. The summed E-state index contributed by atoms with van der Waals surface area (Å²) in [5.74, 6) is -3.14. The van der Waals surface area contributed by atoms with E-state index in [1.807, 2.05) is 0 Å². The average molecular weight is 289 g/mol. The summed E-state index contributed by atoms with van der Waals surface area (Å²) in [6, 6.07) is 0. The summed E-state index contributed by atoms with van der Waals surface area (Å²) in [5, 5.41) is 0. The van der Waals surface area contributed by atoms with E-state index >= 15 is 0 Å². The molecule has 1 aromatic heterocycles. The van der Waals surface area contributed by atoms with Crippen molar-refractivity contribution in [3.8, 4) is 0 Å². The maximum Gasteiger partial charge on any atom is 0.376 e. The molecule has 1 heterocycles. The minimum absolute atomic E-state index is 0.0123. The van der Waals surface area contributed by atoms with Gasteiger partial charge in [0, 0.05) is 25.9 Å². The molecule has 0 bridgehead atoms. The quantitative estimate of drug-likeness (QED) is 0.797. The van der Waals surface area contributed by atoms with Crippen LogP contribution in [0, 0.1) is 0 Å². The first-order valence-electron chi connectivity index (χ1n) is 6.41. The summed E-state index contributed by atoms with van der Waals surface area (Å²) >= 11 is 0. The molecule has 1 aromatic rings. The maximum absolute atomic E-state index is 13.1. The number of halogens is 2. The van der Waals surface area contributed by atoms with E-state index in [0.717, 1.165) is 0 Å². The second-order valence-corrected chi connectivity index (χ2v) is 4.88. The lowest BCUT2D eigenvalue weighted by atomic mass is 9.87. The smallest absolute Gasteiger partial charge is 0.376 e. The summed E-state index contributed by atoms with van der Waals surface area (Å²) in [4.78, 5) is 15.8. The van der Waals surface area contributed by atoms with Crippen molar-refractivity contribution in [1.82, 2.24) is 4.98 Å². The lowest BCUT2D eigenvalue weighted by Gasteiger charge is -2.26. The Balaban J connectivity index is 2.18. The second kappa shape index (κ2) is 5.87. The van der Waals surface area contributed by atoms with Gasteiger partial charge in [-0.3, -0.25) is 0 Å². The van der Waals surface area contributed by atoms with E-state index in [4.69, 9.17) is 9.15 Å². The molecule has 1 aliphatic rings. The SMILES string of the molecule is COCc1nc(C2CCC(F)(F)CC2)oc1C(=O)OC. The van der Waals surface area contributed by atoms with Crippen LogP contribution in [0.25, 0.3) is 0 Å². The summed E-state index contributed by atoms with van der Waals surface area (Å²) in [7, 11) is 2.71. The van der Waals surface area contributed by atoms with Crippen LogP contribution >= 0.6 is 0 Å². The van der Waals surface area contributed by atoms with Gasteiger partial charge in [0.15, 0.2) is 5.89 Å². The molecule has 0 atom stereocenters. The summed E-state index contributed by atoms with van der Waals surface area (Å²) in [6.45, 7) is 0.108. The molecule has 0 radical (unpaired) electrons. The predicted molar refractivity (Wildman–Crippen MR) is 64.7 cm³/mol. The van der Waals surface area contributed by atoms with Gasteiger partial charge in [-0.1, -0.05) is 0 Å². The van der Waals surface area contributed by atoms with Crippen LogP contribution in [0.2, 0.25) is 0 Å². The molecule has 112 valence electrons. The van der Waals surface area contributed by atoms with Gasteiger partial charge in [-0.2, -0.15) is 0 Å². The molecular weight excluding hydrogens is 272 g/mol. The summed E-state index contributed by atoms with van der Waals surface area (Å²) in [6.07, 6.45) is 0.210. The number of rotatable bonds is 4. The normalized spacial score (nSPS) is 19.0. The van der Waals surface area contributed by atoms with Crippen LogP contribution < -0.4 is 0 Å². The summed E-state index contributed by atoms with van der Waals surface area (Å²) in [5.41, 5.74) is 0.340. The molecule has 0 unspecified atom stereocenters.